The van der Waals surface area contributed by atoms with Gasteiger partial charge in [0.05, 0.1) is 19.1 Å². The molecular weight excluding hydrogens is 367 g/mol. The molecule has 0 fully saturated rings. The van der Waals surface area contributed by atoms with Gasteiger partial charge in [0.2, 0.25) is 0 Å². The Morgan fingerprint density at radius 2 is 1.95 bits per heavy atom. The molecule has 1 heterocycles. The van der Waals surface area contributed by atoms with E-state index >= 15 is 0 Å². The predicted molar refractivity (Wildman–Crippen MR) is 84.5 cm³/mol. The highest BCUT2D eigenvalue weighted by Gasteiger charge is 2.27. The van der Waals surface area contributed by atoms with Gasteiger partial charge >= 0.3 is 0 Å². The maximum absolute atomic E-state index is 12.2. The van der Waals surface area contributed by atoms with Gasteiger partial charge in [-0.1, -0.05) is 12.1 Å². The summed E-state index contributed by atoms with van der Waals surface area (Å²) in [5.41, 5.74) is 1.67. The molecule has 0 N–H and O–H groups in total. The van der Waals surface area contributed by atoms with Crippen molar-refractivity contribution in [3.05, 3.63) is 57.2 Å². The SMILES string of the molecule is COc1ccc([C@@H]2CC(=O)c3ccc(I)cc3O2)cc1. The van der Waals surface area contributed by atoms with Crippen molar-refractivity contribution < 1.29 is 14.3 Å². The van der Waals surface area contributed by atoms with E-state index in [4.69, 9.17) is 9.47 Å². The molecule has 0 saturated heterocycles. The third kappa shape index (κ3) is 2.52. The van der Waals surface area contributed by atoms with Crippen LogP contribution in [0.15, 0.2) is 42.5 Å². The molecular formula is C16H13IO3. The smallest absolute Gasteiger partial charge is 0.170 e. The van der Waals surface area contributed by atoms with Crippen LogP contribution in [0.1, 0.15) is 28.4 Å². The van der Waals surface area contributed by atoms with Gasteiger partial charge in [0.1, 0.15) is 17.6 Å². The average molecular weight is 380 g/mol. The molecule has 0 aromatic heterocycles. The van der Waals surface area contributed by atoms with Crippen molar-refractivity contribution in [1.29, 1.82) is 0 Å². The maximum atomic E-state index is 12.2. The van der Waals surface area contributed by atoms with Crippen molar-refractivity contribution in [2.45, 2.75) is 12.5 Å². The highest BCUT2D eigenvalue weighted by Crippen LogP contribution is 2.36. The molecule has 0 saturated carbocycles. The largest absolute Gasteiger partial charge is 0.497 e. The monoisotopic (exact) mass is 380 g/mol. The normalized spacial score (nSPS) is 17.3. The van der Waals surface area contributed by atoms with Gasteiger partial charge in [-0.05, 0) is 58.5 Å². The van der Waals surface area contributed by atoms with Crippen LogP contribution >= 0.6 is 22.6 Å². The minimum atomic E-state index is -0.223. The first-order valence-corrected chi connectivity index (χ1v) is 7.38. The average Bonchev–Trinajstić information content (AvgIpc) is 2.46. The van der Waals surface area contributed by atoms with Crippen molar-refractivity contribution >= 4 is 28.4 Å². The topological polar surface area (TPSA) is 35.5 Å². The summed E-state index contributed by atoms with van der Waals surface area (Å²) in [4.78, 5) is 12.2. The lowest BCUT2D eigenvalue weighted by Gasteiger charge is -2.25. The molecule has 3 rings (SSSR count). The number of carbonyl (C=O) groups excluding carboxylic acids is 1. The first kappa shape index (κ1) is 13.4. The second-order valence-electron chi connectivity index (χ2n) is 4.65. The van der Waals surface area contributed by atoms with Crippen LogP contribution in [0.2, 0.25) is 0 Å². The van der Waals surface area contributed by atoms with Crippen molar-refractivity contribution in [3.8, 4) is 11.5 Å². The molecule has 20 heavy (non-hydrogen) atoms. The Labute approximate surface area is 131 Å². The molecule has 4 heteroatoms. The zero-order valence-electron chi connectivity index (χ0n) is 10.9. The number of fused-ring (bicyclic) bond motifs is 1. The van der Waals surface area contributed by atoms with Crippen LogP contribution in [0.5, 0.6) is 11.5 Å². The van der Waals surface area contributed by atoms with E-state index in [0.29, 0.717) is 17.7 Å². The number of hydrogen-bond donors (Lipinski definition) is 0. The number of carbonyl (C=O) groups is 1. The van der Waals surface area contributed by atoms with Gasteiger partial charge in [0.15, 0.2) is 5.78 Å². The fourth-order valence-corrected chi connectivity index (χ4v) is 2.76. The number of rotatable bonds is 2. The van der Waals surface area contributed by atoms with Crippen molar-refractivity contribution in [2.75, 3.05) is 7.11 Å². The van der Waals surface area contributed by atoms with Crippen molar-refractivity contribution in [3.63, 3.8) is 0 Å². The Hall–Kier alpha value is -1.56. The van der Waals surface area contributed by atoms with E-state index in [0.717, 1.165) is 14.9 Å². The van der Waals surface area contributed by atoms with Gasteiger partial charge in [-0.25, -0.2) is 0 Å². The van der Waals surface area contributed by atoms with Crippen LogP contribution in [0.3, 0.4) is 0 Å². The summed E-state index contributed by atoms with van der Waals surface area (Å²) in [6, 6.07) is 13.3. The molecule has 1 aliphatic heterocycles. The quantitative estimate of drug-likeness (QED) is 0.739. The van der Waals surface area contributed by atoms with Crippen molar-refractivity contribution in [2.24, 2.45) is 0 Å². The van der Waals surface area contributed by atoms with Gasteiger partial charge in [0, 0.05) is 3.57 Å². The molecule has 0 unspecified atom stereocenters. The van der Waals surface area contributed by atoms with Crippen LogP contribution < -0.4 is 9.47 Å². The van der Waals surface area contributed by atoms with Crippen LogP contribution in [-0.4, -0.2) is 12.9 Å². The number of ketones is 1. The van der Waals surface area contributed by atoms with Crippen molar-refractivity contribution in [1.82, 2.24) is 0 Å². The van der Waals surface area contributed by atoms with Gasteiger partial charge < -0.3 is 9.47 Å². The molecule has 2 aromatic carbocycles. The zero-order chi connectivity index (χ0) is 14.1. The van der Waals surface area contributed by atoms with Crippen LogP contribution in [-0.2, 0) is 0 Å². The molecule has 102 valence electrons. The first-order valence-electron chi connectivity index (χ1n) is 6.31. The molecule has 0 radical (unpaired) electrons. The van der Waals surface area contributed by atoms with Crippen LogP contribution in [0, 0.1) is 3.57 Å². The van der Waals surface area contributed by atoms with Gasteiger partial charge in [-0.15, -0.1) is 0 Å². The van der Waals surface area contributed by atoms with Gasteiger partial charge in [-0.2, -0.15) is 0 Å². The Kier molecular flexibility index (Phi) is 3.65. The summed E-state index contributed by atoms with van der Waals surface area (Å²) >= 11 is 2.22. The molecule has 0 bridgehead atoms. The summed E-state index contributed by atoms with van der Waals surface area (Å²) in [7, 11) is 1.63. The number of ether oxygens (including phenoxy) is 2. The van der Waals surface area contributed by atoms with Crippen LogP contribution in [0.4, 0.5) is 0 Å². The number of benzene rings is 2. The fraction of sp³-hybridized carbons (Fsp3) is 0.188. The third-order valence-corrected chi connectivity index (χ3v) is 4.04. The van der Waals surface area contributed by atoms with E-state index in [1.165, 1.54) is 0 Å². The Morgan fingerprint density at radius 1 is 1.20 bits per heavy atom. The lowest BCUT2D eigenvalue weighted by molar-refractivity contribution is 0.0850. The summed E-state index contributed by atoms with van der Waals surface area (Å²) in [6.45, 7) is 0. The molecule has 0 spiro atoms. The summed E-state index contributed by atoms with van der Waals surface area (Å²) in [5, 5.41) is 0. The van der Waals surface area contributed by atoms with E-state index in [9.17, 15) is 4.79 Å². The molecule has 0 amide bonds. The summed E-state index contributed by atoms with van der Waals surface area (Å²) < 4.78 is 12.2. The summed E-state index contributed by atoms with van der Waals surface area (Å²) in [6.07, 6.45) is 0.152. The zero-order valence-corrected chi connectivity index (χ0v) is 13.1. The van der Waals surface area contributed by atoms with E-state index in [2.05, 4.69) is 22.6 Å². The Bertz CT molecular complexity index is 649. The lowest BCUT2D eigenvalue weighted by Crippen LogP contribution is -2.20. The number of hydrogen-bond acceptors (Lipinski definition) is 3. The third-order valence-electron chi connectivity index (χ3n) is 3.37. The highest BCUT2D eigenvalue weighted by molar-refractivity contribution is 14.1. The summed E-state index contributed by atoms with van der Waals surface area (Å²) in [5.74, 6) is 1.60. The Morgan fingerprint density at radius 3 is 2.65 bits per heavy atom. The van der Waals surface area contributed by atoms with E-state index in [1.807, 2.05) is 42.5 Å². The molecule has 1 aliphatic rings. The minimum Gasteiger partial charge on any atom is -0.497 e. The standard InChI is InChI=1S/C16H13IO3/c1-19-12-5-2-10(3-6-12)15-9-14(18)13-7-4-11(17)8-16(13)20-15/h2-8,15H,9H2,1H3/t15-/m0/s1. The van der Waals surface area contributed by atoms with Crippen LogP contribution in [0.25, 0.3) is 0 Å². The highest BCUT2D eigenvalue weighted by atomic mass is 127. The lowest BCUT2D eigenvalue weighted by atomic mass is 9.96. The molecule has 0 aliphatic carbocycles. The predicted octanol–water partition coefficient (Wildman–Crippen LogP) is 4.01. The molecule has 2 aromatic rings. The number of methoxy groups -OCH3 is 1. The minimum absolute atomic E-state index is 0.128. The second kappa shape index (κ2) is 5.44. The van der Waals surface area contributed by atoms with E-state index in [1.54, 1.807) is 7.11 Å². The number of Topliss-reactive ketones (excluding diaryl/α,β-unsaturated/α-hetero) is 1. The molecule has 1 atom stereocenters. The molecule has 3 nitrogen and oxygen atoms in total. The van der Waals surface area contributed by atoms with E-state index in [-0.39, 0.29) is 11.9 Å². The van der Waals surface area contributed by atoms with E-state index < -0.39 is 0 Å². The fourth-order valence-electron chi connectivity index (χ4n) is 2.30. The maximum Gasteiger partial charge on any atom is 0.170 e. The second-order valence-corrected chi connectivity index (χ2v) is 5.89. The Balaban J connectivity index is 1.91. The number of halogens is 1. The first-order chi connectivity index (χ1) is 9.67. The van der Waals surface area contributed by atoms with Gasteiger partial charge in [0.25, 0.3) is 0 Å². The van der Waals surface area contributed by atoms with Gasteiger partial charge in [-0.3, -0.25) is 4.79 Å².